The average Bonchev–Trinajstić information content (AvgIpc) is 2.93. The van der Waals surface area contributed by atoms with Gasteiger partial charge in [-0.05, 0) is 53.5 Å². The largest absolute Gasteiger partial charge is 0.334 e. The van der Waals surface area contributed by atoms with E-state index < -0.39 is 0 Å². The van der Waals surface area contributed by atoms with E-state index in [0.717, 1.165) is 25.9 Å². The van der Waals surface area contributed by atoms with Crippen molar-refractivity contribution in [3.8, 4) is 11.5 Å². The highest BCUT2D eigenvalue weighted by Crippen LogP contribution is 2.26. The molecule has 1 unspecified atom stereocenters. The van der Waals surface area contributed by atoms with Crippen LogP contribution in [0.15, 0.2) is 27.2 Å². The molecule has 1 N–H and O–H groups in total. The Bertz CT molecular complexity index is 581. The Hall–Kier alpha value is -1.27. The second kappa shape index (κ2) is 5.38. The molecule has 0 spiro atoms. The van der Waals surface area contributed by atoms with Gasteiger partial charge >= 0.3 is 0 Å². The standard InChI is InChI=1S/C13H13BrFN3O/c14-10-4-3-8(6-11(10)15)13-17-12(18-19-13)9-2-1-5-16-7-9/h3-4,6,9,16H,1-2,5,7H2. The summed E-state index contributed by atoms with van der Waals surface area (Å²) in [6.45, 7) is 1.91. The summed E-state index contributed by atoms with van der Waals surface area (Å²) in [5, 5.41) is 7.32. The smallest absolute Gasteiger partial charge is 0.258 e. The number of benzene rings is 1. The molecule has 1 saturated heterocycles. The molecule has 0 radical (unpaired) electrons. The molecular formula is C13H13BrFN3O. The molecule has 100 valence electrons. The lowest BCUT2D eigenvalue weighted by molar-refractivity contribution is 0.393. The summed E-state index contributed by atoms with van der Waals surface area (Å²) in [7, 11) is 0. The van der Waals surface area contributed by atoms with Gasteiger partial charge in [-0.1, -0.05) is 5.16 Å². The minimum atomic E-state index is -0.336. The number of piperidine rings is 1. The summed E-state index contributed by atoms with van der Waals surface area (Å²) in [6, 6.07) is 4.78. The van der Waals surface area contributed by atoms with Crippen molar-refractivity contribution in [3.05, 3.63) is 34.3 Å². The fourth-order valence-corrected chi connectivity index (χ4v) is 2.47. The van der Waals surface area contributed by atoms with Crippen LogP contribution < -0.4 is 5.32 Å². The van der Waals surface area contributed by atoms with Gasteiger partial charge < -0.3 is 9.84 Å². The first-order valence-electron chi connectivity index (χ1n) is 6.24. The van der Waals surface area contributed by atoms with E-state index in [2.05, 4.69) is 31.4 Å². The Morgan fingerprint density at radius 3 is 3.05 bits per heavy atom. The van der Waals surface area contributed by atoms with Gasteiger partial charge in [0.2, 0.25) is 0 Å². The zero-order chi connectivity index (χ0) is 13.2. The third-order valence-corrected chi connectivity index (χ3v) is 3.91. The molecule has 1 aromatic carbocycles. The van der Waals surface area contributed by atoms with Crippen LogP contribution in [0.25, 0.3) is 11.5 Å². The molecule has 1 aromatic heterocycles. The van der Waals surface area contributed by atoms with E-state index in [4.69, 9.17) is 4.52 Å². The highest BCUT2D eigenvalue weighted by Gasteiger charge is 2.21. The lowest BCUT2D eigenvalue weighted by atomic mass is 9.99. The first-order chi connectivity index (χ1) is 9.24. The lowest BCUT2D eigenvalue weighted by Crippen LogP contribution is -2.28. The van der Waals surface area contributed by atoms with E-state index in [1.807, 2.05) is 0 Å². The quantitative estimate of drug-likeness (QED) is 0.921. The molecule has 1 aliphatic rings. The molecule has 0 amide bonds. The Balaban J connectivity index is 1.85. The van der Waals surface area contributed by atoms with Crippen molar-refractivity contribution >= 4 is 15.9 Å². The average molecular weight is 326 g/mol. The molecular weight excluding hydrogens is 313 g/mol. The van der Waals surface area contributed by atoms with Crippen molar-refractivity contribution in [1.29, 1.82) is 0 Å². The fraction of sp³-hybridized carbons (Fsp3) is 0.385. The Morgan fingerprint density at radius 1 is 1.42 bits per heavy atom. The van der Waals surface area contributed by atoms with Crippen LogP contribution in [0.3, 0.4) is 0 Å². The number of aromatic nitrogens is 2. The molecule has 1 atom stereocenters. The van der Waals surface area contributed by atoms with Gasteiger partial charge in [-0.15, -0.1) is 0 Å². The minimum Gasteiger partial charge on any atom is -0.334 e. The third kappa shape index (κ3) is 2.69. The van der Waals surface area contributed by atoms with E-state index in [1.54, 1.807) is 12.1 Å². The van der Waals surface area contributed by atoms with E-state index in [9.17, 15) is 4.39 Å². The molecule has 0 aliphatic carbocycles. The van der Waals surface area contributed by atoms with Crippen LogP contribution >= 0.6 is 15.9 Å². The van der Waals surface area contributed by atoms with Crippen molar-refractivity contribution in [1.82, 2.24) is 15.5 Å². The van der Waals surface area contributed by atoms with Crippen LogP contribution in [0.4, 0.5) is 4.39 Å². The molecule has 4 nitrogen and oxygen atoms in total. The molecule has 2 heterocycles. The highest BCUT2D eigenvalue weighted by atomic mass is 79.9. The SMILES string of the molecule is Fc1cc(-c2nc(C3CCCNC3)no2)ccc1Br. The number of hydrogen-bond acceptors (Lipinski definition) is 4. The highest BCUT2D eigenvalue weighted by molar-refractivity contribution is 9.10. The predicted octanol–water partition coefficient (Wildman–Crippen LogP) is 3.11. The van der Waals surface area contributed by atoms with E-state index in [0.29, 0.717) is 21.8 Å². The summed E-state index contributed by atoms with van der Waals surface area (Å²) in [6.07, 6.45) is 2.17. The van der Waals surface area contributed by atoms with Crippen LogP contribution in [-0.2, 0) is 0 Å². The van der Waals surface area contributed by atoms with Crippen LogP contribution in [0.2, 0.25) is 0 Å². The predicted molar refractivity (Wildman–Crippen MR) is 72.2 cm³/mol. The van der Waals surface area contributed by atoms with Gasteiger partial charge in [-0.2, -0.15) is 4.98 Å². The first-order valence-corrected chi connectivity index (χ1v) is 7.03. The van der Waals surface area contributed by atoms with E-state index >= 15 is 0 Å². The fourth-order valence-electron chi connectivity index (χ4n) is 2.22. The van der Waals surface area contributed by atoms with Crippen LogP contribution in [0.5, 0.6) is 0 Å². The van der Waals surface area contributed by atoms with Crippen molar-refractivity contribution in [2.45, 2.75) is 18.8 Å². The Kier molecular flexibility index (Phi) is 3.61. The van der Waals surface area contributed by atoms with Crippen LogP contribution in [0.1, 0.15) is 24.6 Å². The van der Waals surface area contributed by atoms with Crippen LogP contribution in [0, 0.1) is 5.82 Å². The molecule has 1 aliphatic heterocycles. The van der Waals surface area contributed by atoms with Crippen molar-refractivity contribution in [3.63, 3.8) is 0 Å². The molecule has 0 bridgehead atoms. The first kappa shape index (κ1) is 12.7. The summed E-state index contributed by atoms with van der Waals surface area (Å²) < 4.78 is 19.1. The summed E-state index contributed by atoms with van der Waals surface area (Å²) in [5.74, 6) is 1.01. The minimum absolute atomic E-state index is 0.284. The number of rotatable bonds is 2. The lowest BCUT2D eigenvalue weighted by Gasteiger charge is -2.19. The van der Waals surface area contributed by atoms with Gasteiger partial charge in [0.15, 0.2) is 5.82 Å². The van der Waals surface area contributed by atoms with Gasteiger partial charge in [-0.25, -0.2) is 4.39 Å². The van der Waals surface area contributed by atoms with Gasteiger partial charge in [0.05, 0.1) is 4.47 Å². The summed E-state index contributed by atoms with van der Waals surface area (Å²) in [4.78, 5) is 4.38. The topological polar surface area (TPSA) is 51.0 Å². The third-order valence-electron chi connectivity index (χ3n) is 3.27. The van der Waals surface area contributed by atoms with E-state index in [-0.39, 0.29) is 11.7 Å². The summed E-state index contributed by atoms with van der Waals surface area (Å²) >= 11 is 3.12. The van der Waals surface area contributed by atoms with Gasteiger partial charge in [0, 0.05) is 18.0 Å². The van der Waals surface area contributed by atoms with Gasteiger partial charge in [0.25, 0.3) is 5.89 Å². The number of nitrogens with one attached hydrogen (secondary N) is 1. The Morgan fingerprint density at radius 2 is 2.32 bits per heavy atom. The molecule has 3 rings (SSSR count). The Labute approximate surface area is 118 Å². The van der Waals surface area contributed by atoms with Gasteiger partial charge in [-0.3, -0.25) is 0 Å². The maximum atomic E-state index is 13.5. The second-order valence-electron chi connectivity index (χ2n) is 4.63. The van der Waals surface area contributed by atoms with E-state index in [1.165, 1.54) is 6.07 Å². The monoisotopic (exact) mass is 325 g/mol. The zero-order valence-corrected chi connectivity index (χ0v) is 11.8. The number of nitrogens with zero attached hydrogens (tertiary/aromatic N) is 2. The van der Waals surface area contributed by atoms with Gasteiger partial charge in [0.1, 0.15) is 5.82 Å². The normalized spacial score (nSPS) is 19.6. The van der Waals surface area contributed by atoms with Crippen molar-refractivity contribution in [2.24, 2.45) is 0 Å². The number of hydrogen-bond donors (Lipinski definition) is 1. The molecule has 1 fully saturated rings. The molecule has 0 saturated carbocycles. The summed E-state index contributed by atoms with van der Waals surface area (Å²) in [5.41, 5.74) is 0.600. The maximum absolute atomic E-state index is 13.5. The molecule has 2 aromatic rings. The number of halogens is 2. The molecule has 19 heavy (non-hydrogen) atoms. The molecule has 6 heteroatoms. The van der Waals surface area contributed by atoms with Crippen molar-refractivity contribution in [2.75, 3.05) is 13.1 Å². The second-order valence-corrected chi connectivity index (χ2v) is 5.48. The van der Waals surface area contributed by atoms with Crippen molar-refractivity contribution < 1.29 is 8.91 Å². The van der Waals surface area contributed by atoms with Crippen LogP contribution in [-0.4, -0.2) is 23.2 Å². The maximum Gasteiger partial charge on any atom is 0.258 e. The zero-order valence-electron chi connectivity index (χ0n) is 10.2.